The first kappa shape index (κ1) is 23.7. The normalized spacial score (nSPS) is 13.9. The topological polar surface area (TPSA) is 78.3 Å². The molecular weight excluding hydrogens is 488 g/mol. The highest BCUT2D eigenvalue weighted by molar-refractivity contribution is 6.19. The number of hydrogen-bond acceptors (Lipinski definition) is 5. The molecule has 0 atom stereocenters. The highest BCUT2D eigenvalue weighted by Crippen LogP contribution is 2.48. The van der Waals surface area contributed by atoms with Gasteiger partial charge in [-0.25, -0.2) is 4.98 Å². The minimum atomic E-state index is 0.00172. The maximum Gasteiger partial charge on any atom is 0.252 e. The summed E-state index contributed by atoms with van der Waals surface area (Å²) in [5, 5.41) is 5.38. The van der Waals surface area contributed by atoms with E-state index in [4.69, 9.17) is 9.47 Å². The second-order valence-electron chi connectivity index (χ2n) is 10.6. The Bertz CT molecular complexity index is 1770. The lowest BCUT2D eigenvalue weighted by Gasteiger charge is -2.25. The molecule has 1 aliphatic heterocycles. The lowest BCUT2D eigenvalue weighted by atomic mass is 9.80. The summed E-state index contributed by atoms with van der Waals surface area (Å²) >= 11 is 0. The van der Waals surface area contributed by atoms with E-state index in [0.29, 0.717) is 18.2 Å². The van der Waals surface area contributed by atoms with Crippen LogP contribution in [0.25, 0.3) is 32.9 Å². The maximum atomic E-state index is 13.4. The van der Waals surface area contributed by atoms with E-state index in [0.717, 1.165) is 70.1 Å². The van der Waals surface area contributed by atoms with Crippen molar-refractivity contribution in [1.82, 2.24) is 19.9 Å². The number of nitrogens with one attached hydrogen (secondary N) is 1. The first-order valence-electron chi connectivity index (χ1n) is 13.7. The molecule has 1 amide bonds. The largest absolute Gasteiger partial charge is 0.491 e. The Labute approximate surface area is 226 Å². The lowest BCUT2D eigenvalue weighted by molar-refractivity contribution is 0.0966. The van der Waals surface area contributed by atoms with Crippen LogP contribution in [0.2, 0.25) is 0 Å². The van der Waals surface area contributed by atoms with Crippen molar-refractivity contribution in [2.75, 3.05) is 0 Å². The molecule has 0 fully saturated rings. The quantitative estimate of drug-likeness (QED) is 0.275. The second kappa shape index (κ2) is 9.12. The van der Waals surface area contributed by atoms with Gasteiger partial charge in [-0.2, -0.15) is 0 Å². The Morgan fingerprint density at radius 2 is 1.90 bits per heavy atom. The van der Waals surface area contributed by atoms with Crippen LogP contribution < -0.4 is 14.8 Å². The zero-order valence-electron chi connectivity index (χ0n) is 22.4. The second-order valence-corrected chi connectivity index (χ2v) is 10.6. The Balaban J connectivity index is 1.50. The number of carbonyl (C=O) groups excluding carboxylic acids is 1. The molecule has 2 aliphatic rings. The Hall–Kier alpha value is -4.39. The first-order chi connectivity index (χ1) is 19.0. The summed E-state index contributed by atoms with van der Waals surface area (Å²) in [6, 6.07) is 12.5. The summed E-state index contributed by atoms with van der Waals surface area (Å²) in [7, 11) is 0. The van der Waals surface area contributed by atoms with E-state index in [-0.39, 0.29) is 12.0 Å². The third-order valence-electron chi connectivity index (χ3n) is 7.70. The molecule has 3 heterocycles. The molecule has 3 aromatic carbocycles. The number of rotatable bonds is 6. The van der Waals surface area contributed by atoms with Gasteiger partial charge in [0.2, 0.25) is 5.88 Å². The fourth-order valence-electron chi connectivity index (χ4n) is 6.33. The number of aryl methyl sites for hydroxylation is 3. The van der Waals surface area contributed by atoms with Crippen molar-refractivity contribution in [1.29, 1.82) is 0 Å². The number of carbonyl (C=O) groups is 1. The molecule has 5 aromatic rings. The number of benzene rings is 3. The number of aromatic nitrogens is 3. The fourth-order valence-corrected chi connectivity index (χ4v) is 6.33. The Kier molecular flexibility index (Phi) is 5.54. The van der Waals surface area contributed by atoms with Crippen LogP contribution in [0.3, 0.4) is 0 Å². The molecule has 39 heavy (non-hydrogen) atoms. The molecule has 0 bridgehead atoms. The van der Waals surface area contributed by atoms with Gasteiger partial charge in [0.15, 0.2) is 0 Å². The molecule has 0 unspecified atom stereocenters. The van der Waals surface area contributed by atoms with Gasteiger partial charge in [-0.05, 0) is 85.7 Å². The van der Waals surface area contributed by atoms with Crippen molar-refractivity contribution in [3.05, 3.63) is 77.2 Å². The van der Waals surface area contributed by atoms with Crippen molar-refractivity contribution in [3.63, 3.8) is 0 Å². The van der Waals surface area contributed by atoms with E-state index in [1.54, 1.807) is 18.6 Å². The number of nitrogens with zero attached hydrogens (tertiary/aromatic N) is 3. The minimum Gasteiger partial charge on any atom is -0.491 e. The average molecular weight is 519 g/mol. The van der Waals surface area contributed by atoms with Gasteiger partial charge in [-0.1, -0.05) is 13.0 Å². The number of amides is 1. The van der Waals surface area contributed by atoms with Gasteiger partial charge in [-0.15, -0.1) is 0 Å². The monoisotopic (exact) mass is 518 g/mol. The molecule has 0 saturated heterocycles. The highest BCUT2D eigenvalue weighted by Gasteiger charge is 2.34. The zero-order chi connectivity index (χ0) is 26.7. The van der Waals surface area contributed by atoms with Crippen molar-refractivity contribution in [2.45, 2.75) is 59.2 Å². The van der Waals surface area contributed by atoms with E-state index in [9.17, 15) is 4.79 Å². The molecule has 7 heteroatoms. The van der Waals surface area contributed by atoms with Crippen molar-refractivity contribution >= 4 is 27.7 Å². The molecule has 196 valence electrons. The van der Waals surface area contributed by atoms with Crippen LogP contribution in [0.15, 0.2) is 55.0 Å². The smallest absolute Gasteiger partial charge is 0.252 e. The standard InChI is InChI=1S/C32H30N4O3/c1-4-13-36-26-10-7-21(39-27-17-33-11-12-34-27)15-24(26)29-25-16-35-32(37)30(25)28-22-9-6-20(38-18(2)3)14-19(22)5-8-23(28)31(29)36/h6-7,9-12,14-15,17-18H,4-5,8,13,16H2,1-3H3,(H,35,37). The van der Waals surface area contributed by atoms with Crippen molar-refractivity contribution in [2.24, 2.45) is 0 Å². The molecule has 1 aliphatic carbocycles. The van der Waals surface area contributed by atoms with Crippen molar-refractivity contribution in [3.8, 4) is 28.5 Å². The van der Waals surface area contributed by atoms with E-state index < -0.39 is 0 Å². The van der Waals surface area contributed by atoms with Gasteiger partial charge in [0.25, 0.3) is 5.91 Å². The van der Waals surface area contributed by atoms with Gasteiger partial charge in [-0.3, -0.25) is 9.78 Å². The van der Waals surface area contributed by atoms with Crippen LogP contribution in [0.5, 0.6) is 17.4 Å². The van der Waals surface area contributed by atoms with Gasteiger partial charge in [0.05, 0.1) is 23.4 Å². The predicted octanol–water partition coefficient (Wildman–Crippen LogP) is 6.58. The third kappa shape index (κ3) is 3.75. The average Bonchev–Trinajstić information content (AvgIpc) is 3.46. The summed E-state index contributed by atoms with van der Waals surface area (Å²) < 4.78 is 14.5. The van der Waals surface area contributed by atoms with Gasteiger partial charge < -0.3 is 19.4 Å². The Morgan fingerprint density at radius 1 is 1.03 bits per heavy atom. The third-order valence-corrected chi connectivity index (χ3v) is 7.70. The molecule has 7 nitrogen and oxygen atoms in total. The van der Waals surface area contributed by atoms with Crippen LogP contribution in [-0.2, 0) is 25.9 Å². The molecule has 1 N–H and O–H groups in total. The molecular formula is C32H30N4O3. The maximum absolute atomic E-state index is 13.4. The highest BCUT2D eigenvalue weighted by atomic mass is 16.5. The number of ether oxygens (including phenoxy) is 2. The summed E-state index contributed by atoms with van der Waals surface area (Å²) in [5.74, 6) is 2.03. The van der Waals surface area contributed by atoms with Crippen molar-refractivity contribution < 1.29 is 14.3 Å². The SMILES string of the molecule is CCCn1c2ccc(Oc3cnccn3)cc2c2c3c(c4c(c21)CCc1cc(OC(C)C)ccc1-4)C(=O)NC3. The zero-order valence-corrected chi connectivity index (χ0v) is 22.4. The van der Waals surface area contributed by atoms with Crippen LogP contribution in [-0.4, -0.2) is 26.5 Å². The summed E-state index contributed by atoms with van der Waals surface area (Å²) in [6.07, 6.45) is 7.74. The van der Waals surface area contributed by atoms with Crippen LogP contribution in [0, 0.1) is 0 Å². The van der Waals surface area contributed by atoms with Crippen LogP contribution >= 0.6 is 0 Å². The number of fused-ring (bicyclic) bond motifs is 10. The summed E-state index contributed by atoms with van der Waals surface area (Å²) in [6.45, 7) is 7.70. The van der Waals surface area contributed by atoms with Crippen LogP contribution in [0.1, 0.15) is 54.2 Å². The first-order valence-corrected chi connectivity index (χ1v) is 13.7. The number of hydrogen-bond donors (Lipinski definition) is 1. The minimum absolute atomic E-state index is 0.00172. The van der Waals surface area contributed by atoms with Gasteiger partial charge in [0, 0.05) is 47.3 Å². The molecule has 0 radical (unpaired) electrons. The Morgan fingerprint density at radius 3 is 2.69 bits per heavy atom. The van der Waals surface area contributed by atoms with Gasteiger partial charge >= 0.3 is 0 Å². The fraction of sp³-hybridized carbons (Fsp3) is 0.281. The molecule has 7 rings (SSSR count). The summed E-state index contributed by atoms with van der Waals surface area (Å²) in [5.41, 5.74) is 8.99. The van der Waals surface area contributed by atoms with E-state index in [1.165, 1.54) is 16.6 Å². The predicted molar refractivity (Wildman–Crippen MR) is 152 cm³/mol. The lowest BCUT2D eigenvalue weighted by Crippen LogP contribution is -2.16. The molecule has 0 saturated carbocycles. The molecule has 0 spiro atoms. The van der Waals surface area contributed by atoms with Gasteiger partial charge in [0.1, 0.15) is 11.5 Å². The van der Waals surface area contributed by atoms with Crippen LogP contribution in [0.4, 0.5) is 0 Å². The molecule has 2 aromatic heterocycles. The van der Waals surface area contributed by atoms with E-state index in [1.807, 2.05) is 26.0 Å². The van der Waals surface area contributed by atoms with E-state index in [2.05, 4.69) is 51.0 Å². The van der Waals surface area contributed by atoms with E-state index >= 15 is 0 Å². The summed E-state index contributed by atoms with van der Waals surface area (Å²) in [4.78, 5) is 21.8.